The number of anilines is 2. The van der Waals surface area contributed by atoms with E-state index in [-0.39, 0.29) is 23.5 Å². The maximum absolute atomic E-state index is 12.0. The van der Waals surface area contributed by atoms with Crippen LogP contribution >= 0.6 is 0 Å². The molecule has 1 aromatic carbocycles. The molecule has 2 rings (SSSR count). The van der Waals surface area contributed by atoms with E-state index < -0.39 is 9.84 Å². The Morgan fingerprint density at radius 3 is 2.62 bits per heavy atom. The Bertz CT molecular complexity index is 655. The number of nitrogens with zero attached hydrogens (tertiary/aromatic N) is 2. The molecule has 1 aromatic rings. The van der Waals surface area contributed by atoms with Crippen LogP contribution in [0.5, 0.6) is 0 Å². The van der Waals surface area contributed by atoms with E-state index in [2.05, 4.69) is 0 Å². The number of hydrogen-bond acceptors (Lipinski definition) is 5. The quantitative estimate of drug-likeness (QED) is 0.808. The van der Waals surface area contributed by atoms with Crippen LogP contribution in [0.15, 0.2) is 18.2 Å². The Hall–Kier alpha value is -1.76. The van der Waals surface area contributed by atoms with E-state index in [0.717, 1.165) is 5.69 Å². The zero-order chi connectivity index (χ0) is 15.8. The van der Waals surface area contributed by atoms with E-state index in [1.807, 2.05) is 11.8 Å². The van der Waals surface area contributed by atoms with Gasteiger partial charge in [0.25, 0.3) is 5.91 Å². The number of hydrogen-bond donors (Lipinski definition) is 1. The number of rotatable bonds is 2. The third-order valence-corrected chi connectivity index (χ3v) is 5.46. The summed E-state index contributed by atoms with van der Waals surface area (Å²) in [6.07, 6.45) is 0. The lowest BCUT2D eigenvalue weighted by Gasteiger charge is -2.36. The van der Waals surface area contributed by atoms with Gasteiger partial charge in [-0.05, 0) is 25.1 Å². The van der Waals surface area contributed by atoms with E-state index >= 15 is 0 Å². The summed E-state index contributed by atoms with van der Waals surface area (Å²) in [6, 6.07) is 4.97. The summed E-state index contributed by atoms with van der Waals surface area (Å²) in [5.41, 5.74) is 7.84. The van der Waals surface area contributed by atoms with Gasteiger partial charge >= 0.3 is 0 Å². The van der Waals surface area contributed by atoms with Crippen LogP contribution in [0.1, 0.15) is 17.3 Å². The van der Waals surface area contributed by atoms with Crippen LogP contribution in [0.4, 0.5) is 11.4 Å². The van der Waals surface area contributed by atoms with Gasteiger partial charge in [0.05, 0.1) is 22.9 Å². The minimum Gasteiger partial charge on any atom is -0.397 e. The van der Waals surface area contributed by atoms with E-state index in [1.165, 1.54) is 4.90 Å². The zero-order valence-electron chi connectivity index (χ0n) is 12.5. The molecule has 1 fully saturated rings. The second-order valence-corrected chi connectivity index (χ2v) is 7.86. The lowest BCUT2D eigenvalue weighted by Crippen LogP contribution is -2.47. The molecule has 1 unspecified atom stereocenters. The molecule has 0 aromatic heterocycles. The van der Waals surface area contributed by atoms with Crippen LogP contribution in [-0.4, -0.2) is 57.4 Å². The molecule has 7 heteroatoms. The number of carbonyl (C=O) groups excluding carboxylic acids is 1. The van der Waals surface area contributed by atoms with Gasteiger partial charge in [-0.2, -0.15) is 0 Å². The fourth-order valence-corrected chi connectivity index (χ4v) is 4.10. The predicted molar refractivity (Wildman–Crippen MR) is 84.3 cm³/mol. The van der Waals surface area contributed by atoms with Crippen molar-refractivity contribution in [2.75, 3.05) is 42.8 Å². The molecule has 1 aliphatic heterocycles. The van der Waals surface area contributed by atoms with Crippen molar-refractivity contribution in [3.8, 4) is 0 Å². The average molecular weight is 311 g/mol. The molecule has 0 aliphatic carbocycles. The number of benzene rings is 1. The molecule has 2 N–H and O–H groups in total. The van der Waals surface area contributed by atoms with Crippen LogP contribution in [0.25, 0.3) is 0 Å². The molecule has 0 radical (unpaired) electrons. The number of nitrogens with two attached hydrogens (primary N) is 1. The fraction of sp³-hybridized carbons (Fsp3) is 0.500. The highest BCUT2D eigenvalue weighted by molar-refractivity contribution is 7.91. The second kappa shape index (κ2) is 5.55. The molecule has 1 heterocycles. The molecular formula is C14H21N3O3S. The molecule has 116 valence electrons. The third kappa shape index (κ3) is 3.29. The van der Waals surface area contributed by atoms with Crippen molar-refractivity contribution in [1.29, 1.82) is 0 Å². The molecule has 1 amide bonds. The molecule has 1 atom stereocenters. The van der Waals surface area contributed by atoms with E-state index in [0.29, 0.717) is 17.8 Å². The van der Waals surface area contributed by atoms with Crippen LogP contribution in [0.2, 0.25) is 0 Å². The van der Waals surface area contributed by atoms with Crippen LogP contribution in [-0.2, 0) is 9.84 Å². The highest BCUT2D eigenvalue weighted by Gasteiger charge is 2.29. The van der Waals surface area contributed by atoms with Gasteiger partial charge in [0.1, 0.15) is 0 Å². The van der Waals surface area contributed by atoms with Gasteiger partial charge in [0, 0.05) is 32.2 Å². The van der Waals surface area contributed by atoms with Crippen molar-refractivity contribution >= 4 is 27.1 Å². The van der Waals surface area contributed by atoms with Crippen molar-refractivity contribution in [3.63, 3.8) is 0 Å². The van der Waals surface area contributed by atoms with Gasteiger partial charge in [-0.25, -0.2) is 8.42 Å². The van der Waals surface area contributed by atoms with Gasteiger partial charge in [-0.15, -0.1) is 0 Å². The molecule has 0 bridgehead atoms. The summed E-state index contributed by atoms with van der Waals surface area (Å²) in [4.78, 5) is 15.5. The maximum atomic E-state index is 12.0. The smallest absolute Gasteiger partial charge is 0.253 e. The molecule has 6 nitrogen and oxygen atoms in total. The first-order valence-electron chi connectivity index (χ1n) is 6.79. The SMILES string of the molecule is CC1CS(=O)(=O)CCN1c1cc(C(=O)N(C)C)ccc1N. The van der Waals surface area contributed by atoms with E-state index in [4.69, 9.17) is 5.73 Å². The first-order valence-corrected chi connectivity index (χ1v) is 8.61. The standard InChI is InChI=1S/C14H21N3O3S/c1-10-9-21(19,20)7-6-17(10)13-8-11(4-5-12(13)15)14(18)16(2)3/h4-5,8,10H,6-7,9,15H2,1-3H3. The Morgan fingerprint density at radius 1 is 1.38 bits per heavy atom. The highest BCUT2D eigenvalue weighted by atomic mass is 32.2. The van der Waals surface area contributed by atoms with Crippen LogP contribution in [0, 0.1) is 0 Å². The van der Waals surface area contributed by atoms with Gasteiger partial charge in [-0.3, -0.25) is 4.79 Å². The molecular weight excluding hydrogens is 290 g/mol. The lowest BCUT2D eigenvalue weighted by molar-refractivity contribution is 0.0827. The Balaban J connectivity index is 2.35. The summed E-state index contributed by atoms with van der Waals surface area (Å²) < 4.78 is 23.3. The third-order valence-electron chi connectivity index (χ3n) is 3.66. The molecule has 1 saturated heterocycles. The minimum atomic E-state index is -2.98. The summed E-state index contributed by atoms with van der Waals surface area (Å²) in [5, 5.41) is 0. The van der Waals surface area contributed by atoms with Gasteiger partial charge in [-0.1, -0.05) is 0 Å². The second-order valence-electron chi connectivity index (χ2n) is 5.63. The molecule has 0 saturated carbocycles. The minimum absolute atomic E-state index is 0.103. The normalized spacial score (nSPS) is 21.1. The topological polar surface area (TPSA) is 83.7 Å². The number of carbonyl (C=O) groups is 1. The largest absolute Gasteiger partial charge is 0.397 e. The monoisotopic (exact) mass is 311 g/mol. The van der Waals surface area contributed by atoms with E-state index in [9.17, 15) is 13.2 Å². The first-order chi connectivity index (χ1) is 9.71. The summed E-state index contributed by atoms with van der Waals surface area (Å²) in [5.74, 6) is 0.120. The first kappa shape index (κ1) is 15.6. The Kier molecular flexibility index (Phi) is 4.13. The highest BCUT2D eigenvalue weighted by Crippen LogP contribution is 2.29. The predicted octanol–water partition coefficient (Wildman–Crippen LogP) is 0.594. The summed E-state index contributed by atoms with van der Waals surface area (Å²) in [6.45, 7) is 2.25. The van der Waals surface area contributed by atoms with Gasteiger partial charge in [0.2, 0.25) is 0 Å². The molecule has 21 heavy (non-hydrogen) atoms. The molecule has 0 spiro atoms. The van der Waals surface area contributed by atoms with Crippen LogP contribution < -0.4 is 10.6 Å². The van der Waals surface area contributed by atoms with Gasteiger partial charge < -0.3 is 15.5 Å². The Morgan fingerprint density at radius 2 is 2.05 bits per heavy atom. The van der Waals surface area contributed by atoms with Crippen molar-refractivity contribution in [2.45, 2.75) is 13.0 Å². The van der Waals surface area contributed by atoms with Crippen molar-refractivity contribution in [2.24, 2.45) is 0 Å². The average Bonchev–Trinajstić information content (AvgIpc) is 2.38. The Labute approximate surface area is 125 Å². The van der Waals surface area contributed by atoms with Crippen molar-refractivity contribution in [3.05, 3.63) is 23.8 Å². The van der Waals surface area contributed by atoms with E-state index in [1.54, 1.807) is 32.3 Å². The number of amides is 1. The maximum Gasteiger partial charge on any atom is 0.253 e. The lowest BCUT2D eigenvalue weighted by atomic mass is 10.1. The van der Waals surface area contributed by atoms with Crippen LogP contribution in [0.3, 0.4) is 0 Å². The number of sulfone groups is 1. The zero-order valence-corrected chi connectivity index (χ0v) is 13.4. The fourth-order valence-electron chi connectivity index (χ4n) is 2.54. The summed E-state index contributed by atoms with van der Waals surface area (Å²) >= 11 is 0. The summed E-state index contributed by atoms with van der Waals surface area (Å²) in [7, 11) is 0.395. The molecule has 1 aliphatic rings. The van der Waals surface area contributed by atoms with Crippen molar-refractivity contribution in [1.82, 2.24) is 4.90 Å². The van der Waals surface area contributed by atoms with Crippen molar-refractivity contribution < 1.29 is 13.2 Å². The number of nitrogen functional groups attached to an aromatic ring is 1. The van der Waals surface area contributed by atoms with Gasteiger partial charge in [0.15, 0.2) is 9.84 Å².